The molecular weight excluding hydrogens is 1360 g/mol. The zero-order valence-corrected chi connectivity index (χ0v) is 57.9. The van der Waals surface area contributed by atoms with E-state index in [1.165, 1.54) is 70.9 Å². The average Bonchev–Trinajstić information content (AvgIpc) is 3.13. The number of hydrogen-bond donors (Lipinski definition) is 0. The van der Waals surface area contributed by atoms with Gasteiger partial charge in [-0.05, 0) is 174 Å². The Hall–Kier alpha value is -5.90. The summed E-state index contributed by atoms with van der Waals surface area (Å²) in [5, 5.41) is 11.1. The SMILES string of the molecule is COC(=O)C1CCC[C@@H]1[PH+](c1ccccc1)c1ccccc1.COC(=O)C1CCC[C@@H]1[PH+](c1ccccc1)c1ccccc1.COC(=O)C1CCC[C@H]1[PH+](c1ccccc1)c1ccccc1.COC(=O)C1CCC[C@H]1[PH+](c1ccccc1)c1ccccc1.[Au]. The minimum absolute atomic E-state index is 0. The molecule has 8 aromatic carbocycles. The van der Waals surface area contributed by atoms with Crippen molar-refractivity contribution < 1.29 is 60.5 Å². The number of esters is 4. The number of methoxy groups -OCH3 is 4. The summed E-state index contributed by atoms with van der Waals surface area (Å²) >= 11 is 0. The standard InChI is InChI=1S/4C19H21O2P.Au/c4*1-21-19(20)17-13-8-14-18(17)22(15-9-4-2-5-10-15)16-11-6-3-7-12-16;/h4*2-7,9-12,17-18H,8,13-14H2,1H3;/p+4/t4*17?,18-;/m1100./s1. The fourth-order valence-corrected chi connectivity index (χ4v) is 28.2. The molecule has 89 heavy (non-hydrogen) atoms. The van der Waals surface area contributed by atoms with E-state index in [-0.39, 0.29) is 69.9 Å². The number of carbonyl (C=O) groups excluding carboxylic acids is 4. The van der Waals surface area contributed by atoms with Crippen molar-refractivity contribution in [3.8, 4) is 0 Å². The van der Waals surface area contributed by atoms with Gasteiger partial charge in [0.05, 0.1) is 149 Å². The van der Waals surface area contributed by atoms with Crippen LogP contribution in [0.1, 0.15) is 77.0 Å². The zero-order chi connectivity index (χ0) is 61.5. The van der Waals surface area contributed by atoms with Crippen LogP contribution in [0.5, 0.6) is 0 Å². The van der Waals surface area contributed by atoms with Crippen LogP contribution < -0.4 is 42.4 Å². The molecule has 0 spiro atoms. The second kappa shape index (κ2) is 36.2. The van der Waals surface area contributed by atoms with Crippen molar-refractivity contribution in [1.82, 2.24) is 0 Å². The second-order valence-corrected chi connectivity index (χ2v) is 34.1. The van der Waals surface area contributed by atoms with Crippen LogP contribution in [0.4, 0.5) is 0 Å². The van der Waals surface area contributed by atoms with E-state index in [1.54, 1.807) is 0 Å². The third-order valence-electron chi connectivity index (χ3n) is 18.2. The van der Waals surface area contributed by atoms with Crippen LogP contribution in [-0.4, -0.2) is 75.0 Å². The largest absolute Gasteiger partial charge is 0.469 e. The van der Waals surface area contributed by atoms with Crippen LogP contribution in [0, 0.1) is 23.7 Å². The maximum absolute atomic E-state index is 12.2. The average molecular weight is 1450 g/mol. The van der Waals surface area contributed by atoms with Gasteiger partial charge in [0, 0.05) is 22.4 Å². The maximum Gasteiger partial charge on any atom is 0.312 e. The van der Waals surface area contributed by atoms with Crippen molar-refractivity contribution in [3.63, 3.8) is 0 Å². The van der Waals surface area contributed by atoms with Crippen LogP contribution in [0.3, 0.4) is 0 Å². The van der Waals surface area contributed by atoms with Gasteiger partial charge in [-0.25, -0.2) is 0 Å². The van der Waals surface area contributed by atoms with Crippen molar-refractivity contribution >= 4 is 98.0 Å². The van der Waals surface area contributed by atoms with Gasteiger partial charge in [0.15, 0.2) is 0 Å². The topological polar surface area (TPSA) is 105 Å². The van der Waals surface area contributed by atoms with E-state index < -0.39 is 31.7 Å². The molecule has 0 N–H and O–H groups in total. The quantitative estimate of drug-likeness (QED) is 0.0408. The van der Waals surface area contributed by atoms with Crippen LogP contribution >= 0.6 is 31.7 Å². The van der Waals surface area contributed by atoms with Crippen LogP contribution in [0.15, 0.2) is 243 Å². The third-order valence-corrected chi connectivity index (χ3v) is 31.6. The molecule has 0 bridgehead atoms. The minimum atomic E-state index is -0.981. The second-order valence-electron chi connectivity index (χ2n) is 23.3. The molecule has 4 saturated carbocycles. The molecule has 4 unspecified atom stereocenters. The molecule has 0 aromatic heterocycles. The van der Waals surface area contributed by atoms with Crippen molar-refractivity contribution in [2.24, 2.45) is 23.7 Å². The fourth-order valence-electron chi connectivity index (χ4n) is 14.3. The summed E-state index contributed by atoms with van der Waals surface area (Å²) in [6.07, 6.45) is 12.8. The molecule has 8 atom stereocenters. The van der Waals surface area contributed by atoms with E-state index in [1.807, 2.05) is 0 Å². The summed E-state index contributed by atoms with van der Waals surface area (Å²) in [5.41, 5.74) is 1.68. The molecule has 1 radical (unpaired) electrons. The number of ether oxygens (including phenoxy) is 4. The number of benzene rings is 8. The summed E-state index contributed by atoms with van der Waals surface area (Å²) in [7, 11) is 2.11. The Morgan fingerprint density at radius 3 is 0.506 bits per heavy atom. The van der Waals surface area contributed by atoms with Gasteiger partial charge in [-0.3, -0.25) is 19.2 Å². The van der Waals surface area contributed by atoms with E-state index in [0.29, 0.717) is 22.6 Å². The van der Waals surface area contributed by atoms with Gasteiger partial charge >= 0.3 is 23.9 Å². The van der Waals surface area contributed by atoms with Gasteiger partial charge < -0.3 is 18.9 Å². The summed E-state index contributed by atoms with van der Waals surface area (Å²) in [6.45, 7) is 0. The molecule has 0 aliphatic heterocycles. The molecule has 12 rings (SSSR count). The number of hydrogen-bond acceptors (Lipinski definition) is 8. The van der Waals surface area contributed by atoms with Crippen LogP contribution in [0.25, 0.3) is 0 Å². The van der Waals surface area contributed by atoms with Crippen molar-refractivity contribution in [2.45, 2.75) is 99.7 Å². The number of carbonyl (C=O) groups is 4. The van der Waals surface area contributed by atoms with Crippen molar-refractivity contribution in [2.75, 3.05) is 28.4 Å². The summed E-state index contributed by atoms with van der Waals surface area (Å²) < 4.78 is 20.3. The molecule has 0 amide bonds. The molecular formula is C76H88AuO8P4+4. The number of rotatable bonds is 16. The third kappa shape index (κ3) is 18.2. The molecule has 0 heterocycles. The van der Waals surface area contributed by atoms with Gasteiger partial charge in [0.1, 0.15) is 0 Å². The molecule has 0 saturated heterocycles. The first-order chi connectivity index (χ1) is 43.2. The Balaban J connectivity index is 0.000000153. The first-order valence-electron chi connectivity index (χ1n) is 31.5. The van der Waals surface area contributed by atoms with Gasteiger partial charge in [0.25, 0.3) is 0 Å². The maximum atomic E-state index is 12.2. The Kier molecular flexibility index (Phi) is 28.1. The van der Waals surface area contributed by atoms with E-state index in [0.717, 1.165) is 77.0 Å². The van der Waals surface area contributed by atoms with Crippen LogP contribution in [0.2, 0.25) is 0 Å². The Morgan fingerprint density at radius 1 is 0.247 bits per heavy atom. The molecule has 4 fully saturated rings. The molecule has 13 heteroatoms. The Morgan fingerprint density at radius 2 is 0.382 bits per heavy atom. The summed E-state index contributed by atoms with van der Waals surface area (Å²) in [5.74, 6) is 0.0969. The summed E-state index contributed by atoms with van der Waals surface area (Å²) in [6, 6.07) is 85.5. The predicted octanol–water partition coefficient (Wildman–Crippen LogP) is 12.8. The van der Waals surface area contributed by atoms with Crippen molar-refractivity contribution in [1.29, 1.82) is 0 Å². The van der Waals surface area contributed by atoms with Crippen molar-refractivity contribution in [3.05, 3.63) is 243 Å². The van der Waals surface area contributed by atoms with Crippen LogP contribution in [-0.2, 0) is 60.5 Å². The minimum Gasteiger partial charge on any atom is -0.469 e. The van der Waals surface area contributed by atoms with E-state index in [9.17, 15) is 19.2 Å². The van der Waals surface area contributed by atoms with Gasteiger partial charge in [0.2, 0.25) is 0 Å². The Labute approximate surface area is 549 Å². The molecule has 467 valence electrons. The molecule has 8 nitrogen and oxygen atoms in total. The van der Waals surface area contributed by atoms with Gasteiger partial charge in [-0.15, -0.1) is 0 Å². The first kappa shape index (κ1) is 69.0. The van der Waals surface area contributed by atoms with E-state index in [4.69, 9.17) is 18.9 Å². The normalized spacial score (nSPS) is 20.8. The summed E-state index contributed by atoms with van der Waals surface area (Å²) in [4.78, 5) is 48.7. The Bertz CT molecular complexity index is 2750. The van der Waals surface area contributed by atoms with Gasteiger partial charge in [-0.1, -0.05) is 146 Å². The molecule has 8 aromatic rings. The zero-order valence-electron chi connectivity index (χ0n) is 51.8. The first-order valence-corrected chi connectivity index (χ1v) is 37.8. The predicted molar refractivity (Wildman–Crippen MR) is 374 cm³/mol. The van der Waals surface area contributed by atoms with E-state index >= 15 is 0 Å². The molecule has 4 aliphatic rings. The smallest absolute Gasteiger partial charge is 0.312 e. The van der Waals surface area contributed by atoms with Gasteiger partial charge in [-0.2, -0.15) is 0 Å². The molecule has 4 aliphatic carbocycles. The van der Waals surface area contributed by atoms with E-state index in [2.05, 4.69) is 243 Å². The monoisotopic (exact) mass is 1450 g/mol. The fraction of sp³-hybridized carbons (Fsp3) is 0.316.